The van der Waals surface area contributed by atoms with Crippen LogP contribution in [-0.2, 0) is 19.1 Å². The Bertz CT molecular complexity index is 1140. The Hall–Kier alpha value is -3.68. The monoisotopic (exact) mass is 439 g/mol. The predicted octanol–water partition coefficient (Wildman–Crippen LogP) is 3.78. The molecule has 8 nitrogen and oxygen atoms in total. The lowest BCUT2D eigenvalue weighted by Gasteiger charge is -2.36. The number of nitrogens with one attached hydrogen (secondary N) is 1. The highest BCUT2D eigenvalue weighted by atomic mass is 16.7. The Balaban J connectivity index is 1.95. The molecule has 0 bridgehead atoms. The van der Waals surface area contributed by atoms with E-state index in [0.717, 1.165) is 16.5 Å². The van der Waals surface area contributed by atoms with Crippen LogP contribution in [0.3, 0.4) is 0 Å². The molecule has 0 amide bonds. The van der Waals surface area contributed by atoms with Gasteiger partial charge in [-0.15, -0.1) is 0 Å². The molecule has 2 aromatic carbocycles. The van der Waals surface area contributed by atoms with Crippen molar-refractivity contribution >= 4 is 22.8 Å². The number of carbonyl (C=O) groups is 2. The molecule has 0 saturated carbocycles. The Morgan fingerprint density at radius 2 is 1.53 bits per heavy atom. The lowest BCUT2D eigenvalue weighted by Crippen LogP contribution is -2.48. The van der Waals surface area contributed by atoms with E-state index in [1.807, 2.05) is 24.3 Å². The number of aromatic amines is 1. The van der Waals surface area contributed by atoms with Crippen molar-refractivity contribution in [3.8, 4) is 17.2 Å². The summed E-state index contributed by atoms with van der Waals surface area (Å²) >= 11 is 0. The molecular formula is C24H25NO7. The molecule has 4 rings (SSSR count). The van der Waals surface area contributed by atoms with Gasteiger partial charge in [0, 0.05) is 36.9 Å². The van der Waals surface area contributed by atoms with Gasteiger partial charge >= 0.3 is 11.9 Å². The standard InChI is InChI=1S/C24H25NO7/c1-24(2)31-22(26)20(23(27)32-24)19(15-12-25-16-9-7-6-8-14(15)16)13-10-17(28-3)21(30-5)18(11-13)29-4/h6-12,19-20,25H,1-5H3/t19-/m1/s1. The van der Waals surface area contributed by atoms with Crippen LogP contribution in [0, 0.1) is 5.92 Å². The van der Waals surface area contributed by atoms with E-state index in [0.29, 0.717) is 22.8 Å². The van der Waals surface area contributed by atoms with Gasteiger partial charge < -0.3 is 28.7 Å². The minimum absolute atomic E-state index is 0.407. The number of aromatic nitrogens is 1. The van der Waals surface area contributed by atoms with Crippen molar-refractivity contribution in [3.63, 3.8) is 0 Å². The molecule has 2 heterocycles. The summed E-state index contributed by atoms with van der Waals surface area (Å²) in [7, 11) is 4.52. The van der Waals surface area contributed by atoms with Crippen LogP contribution in [0.5, 0.6) is 17.2 Å². The van der Waals surface area contributed by atoms with Crippen LogP contribution in [0.2, 0.25) is 0 Å². The highest BCUT2D eigenvalue weighted by molar-refractivity contribution is 5.99. The first-order valence-electron chi connectivity index (χ1n) is 10.1. The molecule has 1 N–H and O–H groups in total. The van der Waals surface area contributed by atoms with Crippen molar-refractivity contribution in [2.45, 2.75) is 25.6 Å². The first-order valence-corrected chi connectivity index (χ1v) is 10.1. The van der Waals surface area contributed by atoms with Crippen molar-refractivity contribution in [2.24, 2.45) is 5.92 Å². The molecule has 0 unspecified atom stereocenters. The second kappa shape index (κ2) is 8.11. The van der Waals surface area contributed by atoms with Gasteiger partial charge in [-0.3, -0.25) is 9.59 Å². The van der Waals surface area contributed by atoms with E-state index in [2.05, 4.69) is 4.98 Å². The van der Waals surface area contributed by atoms with E-state index in [1.54, 1.807) is 18.3 Å². The van der Waals surface area contributed by atoms with Gasteiger partial charge in [0.05, 0.1) is 21.3 Å². The zero-order valence-electron chi connectivity index (χ0n) is 18.6. The minimum atomic E-state index is -1.33. The number of hydrogen-bond acceptors (Lipinski definition) is 7. The molecule has 8 heteroatoms. The Labute approximate surface area is 185 Å². The third-order valence-corrected chi connectivity index (χ3v) is 5.54. The Morgan fingerprint density at radius 3 is 2.09 bits per heavy atom. The van der Waals surface area contributed by atoms with E-state index in [4.69, 9.17) is 23.7 Å². The fraction of sp³-hybridized carbons (Fsp3) is 0.333. The summed E-state index contributed by atoms with van der Waals surface area (Å²) in [5, 5.41) is 0.872. The fourth-order valence-electron chi connectivity index (χ4n) is 4.18. The molecule has 168 valence electrons. The summed E-state index contributed by atoms with van der Waals surface area (Å²) < 4.78 is 27.3. The Morgan fingerprint density at radius 1 is 0.938 bits per heavy atom. The molecule has 1 atom stereocenters. The molecule has 1 aliphatic heterocycles. The minimum Gasteiger partial charge on any atom is -0.493 e. The molecule has 1 aliphatic rings. The quantitative estimate of drug-likeness (QED) is 0.461. The zero-order chi connectivity index (χ0) is 23.0. The number of cyclic esters (lactones) is 2. The van der Waals surface area contributed by atoms with Gasteiger partial charge in [0.25, 0.3) is 5.79 Å². The number of H-pyrrole nitrogens is 1. The summed E-state index contributed by atoms with van der Waals surface area (Å²) in [6, 6.07) is 11.1. The molecule has 1 aromatic heterocycles. The van der Waals surface area contributed by atoms with Gasteiger partial charge in [0.1, 0.15) is 0 Å². The predicted molar refractivity (Wildman–Crippen MR) is 116 cm³/mol. The lowest BCUT2D eigenvalue weighted by atomic mass is 9.79. The van der Waals surface area contributed by atoms with Crippen molar-refractivity contribution in [2.75, 3.05) is 21.3 Å². The molecule has 0 spiro atoms. The number of para-hydroxylation sites is 1. The second-order valence-corrected chi connectivity index (χ2v) is 7.95. The van der Waals surface area contributed by atoms with Crippen LogP contribution in [0.25, 0.3) is 10.9 Å². The SMILES string of the molecule is COc1cc([C@H](c2c[nH]c3ccccc23)C2C(=O)OC(C)(C)OC2=O)cc(OC)c1OC. The van der Waals surface area contributed by atoms with Crippen molar-refractivity contribution in [1.82, 2.24) is 4.98 Å². The number of fused-ring (bicyclic) bond motifs is 1. The van der Waals surface area contributed by atoms with Crippen LogP contribution < -0.4 is 14.2 Å². The number of methoxy groups -OCH3 is 3. The van der Waals surface area contributed by atoms with Crippen molar-refractivity contribution in [3.05, 3.63) is 53.7 Å². The van der Waals surface area contributed by atoms with Crippen LogP contribution in [0.4, 0.5) is 0 Å². The molecule has 0 radical (unpaired) electrons. The van der Waals surface area contributed by atoms with Crippen LogP contribution >= 0.6 is 0 Å². The van der Waals surface area contributed by atoms with Gasteiger partial charge in [-0.1, -0.05) is 18.2 Å². The maximum atomic E-state index is 13.1. The Kier molecular flexibility index (Phi) is 5.46. The third-order valence-electron chi connectivity index (χ3n) is 5.54. The number of rotatable bonds is 6. The second-order valence-electron chi connectivity index (χ2n) is 7.95. The highest BCUT2D eigenvalue weighted by Gasteiger charge is 2.49. The molecule has 32 heavy (non-hydrogen) atoms. The van der Waals surface area contributed by atoms with Gasteiger partial charge in [-0.2, -0.15) is 0 Å². The highest BCUT2D eigenvalue weighted by Crippen LogP contribution is 2.46. The topological polar surface area (TPSA) is 96.1 Å². The van der Waals surface area contributed by atoms with Gasteiger partial charge in [-0.05, 0) is 29.3 Å². The number of carbonyl (C=O) groups excluding carboxylic acids is 2. The largest absolute Gasteiger partial charge is 0.493 e. The number of hydrogen-bond donors (Lipinski definition) is 1. The molecular weight excluding hydrogens is 414 g/mol. The number of esters is 2. The molecule has 0 aliphatic carbocycles. The smallest absolute Gasteiger partial charge is 0.324 e. The van der Waals surface area contributed by atoms with E-state index in [-0.39, 0.29) is 0 Å². The lowest BCUT2D eigenvalue weighted by molar-refractivity contribution is -0.240. The summed E-state index contributed by atoms with van der Waals surface area (Å²) in [5.74, 6) is -3.36. The van der Waals surface area contributed by atoms with Gasteiger partial charge in [-0.25, -0.2) is 0 Å². The number of benzene rings is 2. The summed E-state index contributed by atoms with van der Waals surface area (Å²) in [5.41, 5.74) is 2.23. The molecule has 1 saturated heterocycles. The van der Waals surface area contributed by atoms with E-state index in [1.165, 1.54) is 35.2 Å². The van der Waals surface area contributed by atoms with E-state index < -0.39 is 29.6 Å². The first-order chi connectivity index (χ1) is 15.3. The molecule has 1 fully saturated rings. The average Bonchev–Trinajstić information content (AvgIpc) is 3.18. The van der Waals surface area contributed by atoms with E-state index in [9.17, 15) is 9.59 Å². The van der Waals surface area contributed by atoms with Crippen LogP contribution in [0.1, 0.15) is 30.9 Å². The zero-order valence-corrected chi connectivity index (χ0v) is 18.6. The van der Waals surface area contributed by atoms with Crippen LogP contribution in [-0.4, -0.2) is 44.0 Å². The third kappa shape index (κ3) is 3.62. The summed E-state index contributed by atoms with van der Waals surface area (Å²) in [4.78, 5) is 29.4. The van der Waals surface area contributed by atoms with Crippen molar-refractivity contribution < 1.29 is 33.3 Å². The molecule has 3 aromatic rings. The average molecular weight is 439 g/mol. The van der Waals surface area contributed by atoms with Crippen LogP contribution in [0.15, 0.2) is 42.6 Å². The number of ether oxygens (including phenoxy) is 5. The normalized spacial score (nSPS) is 16.9. The van der Waals surface area contributed by atoms with E-state index >= 15 is 0 Å². The summed E-state index contributed by atoms with van der Waals surface area (Å²) in [6.07, 6.45) is 1.79. The first kappa shape index (κ1) is 21.5. The maximum Gasteiger partial charge on any atom is 0.324 e. The van der Waals surface area contributed by atoms with Gasteiger partial charge in [0.15, 0.2) is 17.4 Å². The fourth-order valence-corrected chi connectivity index (χ4v) is 4.18. The van der Waals surface area contributed by atoms with Gasteiger partial charge in [0.2, 0.25) is 5.75 Å². The maximum absolute atomic E-state index is 13.1. The summed E-state index contributed by atoms with van der Waals surface area (Å²) in [6.45, 7) is 3.05. The van der Waals surface area contributed by atoms with Crippen molar-refractivity contribution in [1.29, 1.82) is 0 Å².